The van der Waals surface area contributed by atoms with Crippen LogP contribution in [0.2, 0.25) is 0 Å². The fourth-order valence-corrected chi connectivity index (χ4v) is 2.56. The molecule has 6 nitrogen and oxygen atoms in total. The molecule has 2 N–H and O–H groups in total. The number of pyridine rings is 1. The Morgan fingerprint density at radius 3 is 2.81 bits per heavy atom. The summed E-state index contributed by atoms with van der Waals surface area (Å²) in [6.07, 6.45) is 4.49. The van der Waals surface area contributed by atoms with Crippen molar-refractivity contribution in [3.8, 4) is 11.5 Å². The number of hydrogen-bond donors (Lipinski definition) is 2. The average molecular weight is 468 g/mol. The second-order valence-electron chi connectivity index (χ2n) is 5.76. The Labute approximate surface area is 171 Å². The molecule has 140 valence electrons. The summed E-state index contributed by atoms with van der Waals surface area (Å²) in [5, 5.41) is 6.60. The van der Waals surface area contributed by atoms with Crippen LogP contribution in [0.3, 0.4) is 0 Å². The van der Waals surface area contributed by atoms with Crippen molar-refractivity contribution in [2.24, 2.45) is 4.99 Å². The first-order valence-electron chi connectivity index (χ1n) is 8.64. The molecular weight excluding hydrogens is 443 g/mol. The van der Waals surface area contributed by atoms with E-state index < -0.39 is 0 Å². The minimum Gasteiger partial charge on any atom is -0.486 e. The van der Waals surface area contributed by atoms with Crippen molar-refractivity contribution in [1.82, 2.24) is 15.6 Å². The summed E-state index contributed by atoms with van der Waals surface area (Å²) >= 11 is 0. The smallest absolute Gasteiger partial charge is 0.191 e. The van der Waals surface area contributed by atoms with Gasteiger partial charge in [-0.05, 0) is 37.1 Å². The van der Waals surface area contributed by atoms with Gasteiger partial charge in [0.05, 0.1) is 6.54 Å². The number of aliphatic imine (C=N–C) groups is 1. The molecular formula is C19H25IN4O2. The lowest BCUT2D eigenvalue weighted by Gasteiger charge is -2.25. The first-order chi connectivity index (χ1) is 12.3. The van der Waals surface area contributed by atoms with Crippen LogP contribution < -0.4 is 20.1 Å². The number of aromatic nitrogens is 1. The van der Waals surface area contributed by atoms with Crippen molar-refractivity contribution in [2.75, 3.05) is 26.2 Å². The van der Waals surface area contributed by atoms with E-state index in [-0.39, 0.29) is 30.1 Å². The molecule has 3 rings (SSSR count). The summed E-state index contributed by atoms with van der Waals surface area (Å²) in [6, 6.07) is 11.7. The van der Waals surface area contributed by atoms with Crippen LogP contribution in [0.1, 0.15) is 12.5 Å². The fourth-order valence-electron chi connectivity index (χ4n) is 2.56. The van der Waals surface area contributed by atoms with Gasteiger partial charge in [0.2, 0.25) is 0 Å². The highest BCUT2D eigenvalue weighted by Crippen LogP contribution is 2.30. The molecule has 7 heteroatoms. The molecule has 2 heterocycles. The molecule has 0 saturated heterocycles. The Morgan fingerprint density at radius 1 is 1.19 bits per heavy atom. The van der Waals surface area contributed by atoms with E-state index in [0.717, 1.165) is 37.0 Å². The molecule has 0 amide bonds. The van der Waals surface area contributed by atoms with Gasteiger partial charge >= 0.3 is 0 Å². The molecule has 0 saturated carbocycles. The van der Waals surface area contributed by atoms with E-state index in [1.807, 2.05) is 36.5 Å². The van der Waals surface area contributed by atoms with Gasteiger partial charge in [0, 0.05) is 25.5 Å². The third-order valence-corrected chi connectivity index (χ3v) is 3.79. The Kier molecular flexibility index (Phi) is 8.46. The molecule has 0 bridgehead atoms. The fraction of sp³-hybridized carbons (Fsp3) is 0.368. The zero-order valence-electron chi connectivity index (χ0n) is 14.9. The highest BCUT2D eigenvalue weighted by Gasteiger charge is 2.20. The molecule has 0 aliphatic carbocycles. The maximum absolute atomic E-state index is 5.94. The molecule has 0 fully saturated rings. The molecule has 1 aromatic heterocycles. The summed E-state index contributed by atoms with van der Waals surface area (Å²) < 4.78 is 11.7. The molecule has 1 aliphatic heterocycles. The van der Waals surface area contributed by atoms with Crippen LogP contribution in [-0.2, 0) is 6.42 Å². The number of nitrogens with one attached hydrogen (secondary N) is 2. The van der Waals surface area contributed by atoms with Crippen molar-refractivity contribution in [2.45, 2.75) is 19.4 Å². The quantitative estimate of drug-likeness (QED) is 0.388. The Morgan fingerprint density at radius 2 is 2.04 bits per heavy atom. The summed E-state index contributed by atoms with van der Waals surface area (Å²) in [7, 11) is 0. The van der Waals surface area contributed by atoms with Gasteiger partial charge in [0.25, 0.3) is 0 Å². The maximum Gasteiger partial charge on any atom is 0.191 e. The second-order valence-corrected chi connectivity index (χ2v) is 5.76. The standard InChI is InChI=1S/C19H24N4O2.HI/c1-2-21-19(22-11-9-15-6-5-10-20-12-15)23-13-16-14-24-17-7-3-4-8-18(17)25-16;/h3-8,10,12,16H,2,9,11,13-14H2,1H3,(H2,21,22,23);1H. The number of fused-ring (bicyclic) bond motifs is 1. The Hall–Kier alpha value is -2.03. The van der Waals surface area contributed by atoms with E-state index in [1.165, 1.54) is 5.56 Å². The van der Waals surface area contributed by atoms with Crippen LogP contribution in [0.4, 0.5) is 0 Å². The van der Waals surface area contributed by atoms with Gasteiger partial charge in [0.15, 0.2) is 23.6 Å². The average Bonchev–Trinajstić information content (AvgIpc) is 2.67. The zero-order valence-corrected chi connectivity index (χ0v) is 17.2. The monoisotopic (exact) mass is 468 g/mol. The van der Waals surface area contributed by atoms with Gasteiger partial charge in [-0.15, -0.1) is 24.0 Å². The van der Waals surface area contributed by atoms with E-state index in [9.17, 15) is 0 Å². The van der Waals surface area contributed by atoms with Crippen LogP contribution in [0.25, 0.3) is 0 Å². The summed E-state index contributed by atoms with van der Waals surface area (Å²) in [4.78, 5) is 8.75. The predicted molar refractivity (Wildman–Crippen MR) is 114 cm³/mol. The van der Waals surface area contributed by atoms with Crippen LogP contribution in [0, 0.1) is 0 Å². The molecule has 1 atom stereocenters. The minimum absolute atomic E-state index is 0. The third-order valence-electron chi connectivity index (χ3n) is 3.79. The summed E-state index contributed by atoms with van der Waals surface area (Å²) in [6.45, 7) is 4.70. The van der Waals surface area contributed by atoms with E-state index >= 15 is 0 Å². The van der Waals surface area contributed by atoms with Crippen LogP contribution in [-0.4, -0.2) is 43.3 Å². The molecule has 1 unspecified atom stereocenters. The lowest BCUT2D eigenvalue weighted by Crippen LogP contribution is -2.40. The largest absolute Gasteiger partial charge is 0.486 e. The molecule has 2 aromatic rings. The summed E-state index contributed by atoms with van der Waals surface area (Å²) in [5.74, 6) is 2.36. The number of guanidine groups is 1. The van der Waals surface area contributed by atoms with Gasteiger partial charge in [0.1, 0.15) is 6.61 Å². The van der Waals surface area contributed by atoms with Crippen molar-refractivity contribution in [1.29, 1.82) is 0 Å². The topological polar surface area (TPSA) is 67.8 Å². The number of ether oxygens (including phenoxy) is 2. The van der Waals surface area contributed by atoms with Crippen LogP contribution in [0.5, 0.6) is 11.5 Å². The second kappa shape index (κ2) is 10.8. The first-order valence-corrected chi connectivity index (χ1v) is 8.64. The lowest BCUT2D eigenvalue weighted by molar-refractivity contribution is 0.0971. The Bertz CT molecular complexity index is 697. The first kappa shape index (κ1) is 20.3. The molecule has 0 radical (unpaired) electrons. The number of benzene rings is 1. The van der Waals surface area contributed by atoms with Crippen molar-refractivity contribution >= 4 is 29.9 Å². The minimum atomic E-state index is -0.0799. The van der Waals surface area contributed by atoms with E-state index in [1.54, 1.807) is 6.20 Å². The molecule has 26 heavy (non-hydrogen) atoms. The highest BCUT2D eigenvalue weighted by atomic mass is 127. The zero-order chi connectivity index (χ0) is 17.3. The number of nitrogens with zero attached hydrogens (tertiary/aromatic N) is 2. The number of halogens is 1. The maximum atomic E-state index is 5.94. The third kappa shape index (κ3) is 6.05. The van der Waals surface area contributed by atoms with Crippen LogP contribution >= 0.6 is 24.0 Å². The van der Waals surface area contributed by atoms with Crippen molar-refractivity contribution < 1.29 is 9.47 Å². The normalized spacial score (nSPS) is 15.7. The van der Waals surface area contributed by atoms with Gasteiger partial charge in [-0.1, -0.05) is 18.2 Å². The van der Waals surface area contributed by atoms with Gasteiger partial charge in [-0.3, -0.25) is 4.98 Å². The predicted octanol–water partition coefficient (Wildman–Crippen LogP) is 2.64. The van der Waals surface area contributed by atoms with E-state index in [0.29, 0.717) is 13.2 Å². The molecule has 1 aromatic carbocycles. The Balaban J connectivity index is 0.00000243. The van der Waals surface area contributed by atoms with E-state index in [4.69, 9.17) is 9.47 Å². The van der Waals surface area contributed by atoms with E-state index in [2.05, 4.69) is 33.6 Å². The van der Waals surface area contributed by atoms with Gasteiger partial charge in [-0.2, -0.15) is 0 Å². The van der Waals surface area contributed by atoms with Crippen molar-refractivity contribution in [3.05, 3.63) is 54.4 Å². The SMILES string of the molecule is CCNC(=NCC1COc2ccccc2O1)NCCc1cccnc1.I. The lowest BCUT2D eigenvalue weighted by atomic mass is 10.2. The highest BCUT2D eigenvalue weighted by molar-refractivity contribution is 14.0. The van der Waals surface area contributed by atoms with Gasteiger partial charge in [-0.25, -0.2) is 4.99 Å². The number of hydrogen-bond acceptors (Lipinski definition) is 4. The number of para-hydroxylation sites is 2. The van der Waals surface area contributed by atoms with Crippen LogP contribution in [0.15, 0.2) is 53.8 Å². The molecule has 0 spiro atoms. The van der Waals surface area contributed by atoms with Crippen molar-refractivity contribution in [3.63, 3.8) is 0 Å². The summed E-state index contributed by atoms with van der Waals surface area (Å²) in [5.41, 5.74) is 1.20. The number of rotatable bonds is 6. The molecule has 1 aliphatic rings. The van der Waals surface area contributed by atoms with Gasteiger partial charge < -0.3 is 20.1 Å².